The van der Waals surface area contributed by atoms with Crippen molar-refractivity contribution in [3.8, 4) is 0 Å². The Hall–Kier alpha value is -1.27. The van der Waals surface area contributed by atoms with Gasteiger partial charge in [0.15, 0.2) is 0 Å². The van der Waals surface area contributed by atoms with E-state index in [-0.39, 0.29) is 29.1 Å². The Morgan fingerprint density at radius 2 is 2.19 bits per heavy atom. The lowest BCUT2D eigenvalue weighted by Gasteiger charge is -2.19. The summed E-state index contributed by atoms with van der Waals surface area (Å²) in [5, 5.41) is 2.57. The highest BCUT2D eigenvalue weighted by atomic mass is 35.5. The van der Waals surface area contributed by atoms with Gasteiger partial charge in [0.2, 0.25) is 5.91 Å². The molecule has 0 spiro atoms. The number of hydrogen-bond donors (Lipinski definition) is 1. The fraction of sp³-hybridized carbons (Fsp3) is 0.500. The van der Waals surface area contributed by atoms with E-state index in [1.54, 1.807) is 0 Å². The first kappa shape index (κ1) is 16.1. The van der Waals surface area contributed by atoms with E-state index in [1.165, 1.54) is 0 Å². The van der Waals surface area contributed by atoms with Crippen LogP contribution in [0.2, 0.25) is 5.02 Å². The molecule has 1 aliphatic rings. The zero-order chi connectivity index (χ0) is 15.6. The molecule has 0 aliphatic carbocycles. The van der Waals surface area contributed by atoms with Crippen LogP contribution in [0, 0.1) is 0 Å². The van der Waals surface area contributed by atoms with Gasteiger partial charge in [0.25, 0.3) is 0 Å². The van der Waals surface area contributed by atoms with Crippen molar-refractivity contribution in [2.75, 3.05) is 18.9 Å². The van der Waals surface area contributed by atoms with Crippen molar-refractivity contribution in [3.63, 3.8) is 0 Å². The second-order valence-corrected chi connectivity index (χ2v) is 5.63. The normalized spacial score (nSPS) is 19.8. The van der Waals surface area contributed by atoms with Gasteiger partial charge in [-0.3, -0.25) is 4.79 Å². The molecule has 1 fully saturated rings. The van der Waals surface area contributed by atoms with Gasteiger partial charge in [0.05, 0.1) is 16.3 Å². The molecular weight excluding hydrogens is 305 g/mol. The van der Waals surface area contributed by atoms with E-state index in [1.807, 2.05) is 7.05 Å². The maximum Gasteiger partial charge on any atom is 0.416 e. The topological polar surface area (TPSA) is 32.3 Å². The lowest BCUT2D eigenvalue weighted by Crippen LogP contribution is -2.29. The van der Waals surface area contributed by atoms with Crippen molar-refractivity contribution in [1.82, 2.24) is 4.90 Å². The van der Waals surface area contributed by atoms with E-state index < -0.39 is 11.7 Å². The standard InChI is InChI=1S/C14H16ClF3N2O/c1-20-6-2-3-10(20)8-13(21)19-12-7-9(14(16,17)18)4-5-11(12)15/h4-5,7,10H,2-3,6,8H2,1H3,(H,19,21). The monoisotopic (exact) mass is 320 g/mol. The predicted octanol–water partition coefficient (Wildman–Crippen LogP) is 3.78. The predicted molar refractivity (Wildman–Crippen MR) is 75.4 cm³/mol. The number of alkyl halides is 3. The molecule has 7 heteroatoms. The van der Waals surface area contributed by atoms with E-state index in [4.69, 9.17) is 11.6 Å². The van der Waals surface area contributed by atoms with Crippen molar-refractivity contribution in [1.29, 1.82) is 0 Å². The molecule has 21 heavy (non-hydrogen) atoms. The van der Waals surface area contributed by atoms with Crippen molar-refractivity contribution in [2.45, 2.75) is 31.5 Å². The van der Waals surface area contributed by atoms with Crippen LogP contribution in [-0.2, 0) is 11.0 Å². The van der Waals surface area contributed by atoms with Gasteiger partial charge in [-0.15, -0.1) is 0 Å². The number of likely N-dealkylation sites (tertiary alicyclic amines) is 1. The van der Waals surface area contributed by atoms with Gasteiger partial charge < -0.3 is 10.2 Å². The van der Waals surface area contributed by atoms with Crippen LogP contribution in [0.4, 0.5) is 18.9 Å². The number of carbonyl (C=O) groups is 1. The first-order valence-corrected chi connectivity index (χ1v) is 7.02. The molecular formula is C14H16ClF3N2O. The average Bonchev–Trinajstić information content (AvgIpc) is 2.76. The molecule has 2 rings (SSSR count). The Balaban J connectivity index is 2.06. The fourth-order valence-electron chi connectivity index (χ4n) is 2.45. The molecule has 3 nitrogen and oxygen atoms in total. The maximum atomic E-state index is 12.7. The fourth-order valence-corrected chi connectivity index (χ4v) is 2.61. The summed E-state index contributed by atoms with van der Waals surface area (Å²) in [6, 6.07) is 3.03. The van der Waals surface area contributed by atoms with Gasteiger partial charge in [-0.25, -0.2) is 0 Å². The Morgan fingerprint density at radius 3 is 2.76 bits per heavy atom. The van der Waals surface area contributed by atoms with Crippen molar-refractivity contribution in [2.24, 2.45) is 0 Å². The summed E-state index contributed by atoms with van der Waals surface area (Å²) in [4.78, 5) is 14.0. The molecule has 116 valence electrons. The molecule has 0 aromatic heterocycles. The molecule has 0 radical (unpaired) electrons. The zero-order valence-electron chi connectivity index (χ0n) is 11.5. The van der Waals surface area contributed by atoms with E-state index in [9.17, 15) is 18.0 Å². The molecule has 1 aromatic rings. The summed E-state index contributed by atoms with van der Waals surface area (Å²) in [5.41, 5.74) is -0.836. The third-order valence-electron chi connectivity index (χ3n) is 3.66. The van der Waals surface area contributed by atoms with Crippen LogP contribution in [0.15, 0.2) is 18.2 Å². The summed E-state index contributed by atoms with van der Waals surface area (Å²) >= 11 is 5.84. The molecule has 1 aromatic carbocycles. The molecule has 1 amide bonds. The van der Waals surface area contributed by atoms with Gasteiger partial charge in [-0.1, -0.05) is 11.6 Å². The quantitative estimate of drug-likeness (QED) is 0.919. The van der Waals surface area contributed by atoms with Crippen molar-refractivity contribution in [3.05, 3.63) is 28.8 Å². The summed E-state index contributed by atoms with van der Waals surface area (Å²) in [6.45, 7) is 0.933. The Morgan fingerprint density at radius 1 is 1.48 bits per heavy atom. The summed E-state index contributed by atoms with van der Waals surface area (Å²) in [6.07, 6.45) is -2.27. The number of benzene rings is 1. The van der Waals surface area contributed by atoms with Gasteiger partial charge in [-0.2, -0.15) is 13.2 Å². The average molecular weight is 321 g/mol. The van der Waals surface area contributed by atoms with Crippen LogP contribution < -0.4 is 5.32 Å². The van der Waals surface area contributed by atoms with Gasteiger partial charge in [-0.05, 0) is 44.6 Å². The lowest BCUT2D eigenvalue weighted by atomic mass is 10.1. The third-order valence-corrected chi connectivity index (χ3v) is 3.99. The first-order chi connectivity index (χ1) is 9.77. The molecule has 1 atom stereocenters. The SMILES string of the molecule is CN1CCCC1CC(=O)Nc1cc(C(F)(F)F)ccc1Cl. The molecule has 0 bridgehead atoms. The van der Waals surface area contributed by atoms with E-state index >= 15 is 0 Å². The van der Waals surface area contributed by atoms with Gasteiger partial charge >= 0.3 is 6.18 Å². The van der Waals surface area contributed by atoms with E-state index in [0.717, 1.165) is 37.6 Å². The number of amides is 1. The highest BCUT2D eigenvalue weighted by Crippen LogP contribution is 2.34. The number of halogens is 4. The van der Waals surface area contributed by atoms with Gasteiger partial charge in [0, 0.05) is 12.5 Å². The molecule has 1 saturated heterocycles. The van der Waals surface area contributed by atoms with Gasteiger partial charge in [0.1, 0.15) is 0 Å². The third kappa shape index (κ3) is 4.11. The highest BCUT2D eigenvalue weighted by Gasteiger charge is 2.31. The second kappa shape index (κ2) is 6.23. The molecule has 1 N–H and O–H groups in total. The van der Waals surface area contributed by atoms with Crippen molar-refractivity contribution >= 4 is 23.2 Å². The van der Waals surface area contributed by atoms with E-state index in [0.29, 0.717) is 0 Å². The Kier molecular flexibility index (Phi) is 4.78. The van der Waals surface area contributed by atoms with Crippen LogP contribution >= 0.6 is 11.6 Å². The summed E-state index contributed by atoms with van der Waals surface area (Å²) in [5.74, 6) is -0.324. The molecule has 1 aliphatic heterocycles. The summed E-state index contributed by atoms with van der Waals surface area (Å²) in [7, 11) is 1.93. The van der Waals surface area contributed by atoms with Crippen LogP contribution in [0.25, 0.3) is 0 Å². The van der Waals surface area contributed by atoms with Crippen LogP contribution in [0.3, 0.4) is 0 Å². The minimum absolute atomic E-state index is 0.00265. The maximum absolute atomic E-state index is 12.7. The number of rotatable bonds is 3. The second-order valence-electron chi connectivity index (χ2n) is 5.22. The zero-order valence-corrected chi connectivity index (χ0v) is 12.3. The number of nitrogens with one attached hydrogen (secondary N) is 1. The smallest absolute Gasteiger partial charge is 0.325 e. The van der Waals surface area contributed by atoms with Crippen LogP contribution in [0.5, 0.6) is 0 Å². The number of hydrogen-bond acceptors (Lipinski definition) is 2. The Labute approximate surface area is 126 Å². The first-order valence-electron chi connectivity index (χ1n) is 6.64. The number of nitrogens with zero attached hydrogens (tertiary/aromatic N) is 1. The van der Waals surface area contributed by atoms with Crippen LogP contribution in [0.1, 0.15) is 24.8 Å². The van der Waals surface area contributed by atoms with E-state index in [2.05, 4.69) is 10.2 Å². The molecule has 1 unspecified atom stereocenters. The largest absolute Gasteiger partial charge is 0.416 e. The molecule has 1 heterocycles. The highest BCUT2D eigenvalue weighted by molar-refractivity contribution is 6.33. The molecule has 0 saturated carbocycles. The number of carbonyl (C=O) groups excluding carboxylic acids is 1. The van der Waals surface area contributed by atoms with Crippen molar-refractivity contribution < 1.29 is 18.0 Å². The van der Waals surface area contributed by atoms with Crippen LogP contribution in [-0.4, -0.2) is 30.4 Å². The summed E-state index contributed by atoms with van der Waals surface area (Å²) < 4.78 is 38.0. The number of anilines is 1. The minimum Gasteiger partial charge on any atom is -0.325 e. The lowest BCUT2D eigenvalue weighted by molar-refractivity contribution is -0.137. The minimum atomic E-state index is -4.46. The Bertz CT molecular complexity index is 533.